The lowest BCUT2D eigenvalue weighted by Gasteiger charge is -2.15. The first-order valence-electron chi connectivity index (χ1n) is 6.07. The lowest BCUT2D eigenvalue weighted by molar-refractivity contribution is -0.140. The van der Waals surface area contributed by atoms with Gasteiger partial charge in [-0.2, -0.15) is 13.2 Å². The molecule has 108 valence electrons. The van der Waals surface area contributed by atoms with E-state index in [-0.39, 0.29) is 5.56 Å². The molecule has 0 saturated carbocycles. The quantitative estimate of drug-likeness (QED) is 0.773. The molecule has 0 fully saturated rings. The fraction of sp³-hybridized carbons (Fsp3) is 0.538. The molecule has 6 heteroatoms. The van der Waals surface area contributed by atoms with Crippen LogP contribution in [0.4, 0.5) is 13.2 Å². The zero-order valence-electron chi connectivity index (χ0n) is 10.9. The number of halogens is 3. The molecule has 0 bridgehead atoms. The van der Waals surface area contributed by atoms with Crippen molar-refractivity contribution in [2.75, 3.05) is 6.26 Å². The van der Waals surface area contributed by atoms with Crippen molar-refractivity contribution >= 4 is 9.84 Å². The molecule has 1 aromatic carbocycles. The number of hydrogen-bond donors (Lipinski definition) is 0. The van der Waals surface area contributed by atoms with Crippen LogP contribution in [0.1, 0.15) is 37.3 Å². The molecule has 0 heterocycles. The molecule has 0 aliphatic heterocycles. The van der Waals surface area contributed by atoms with Gasteiger partial charge in [0.15, 0.2) is 9.84 Å². The van der Waals surface area contributed by atoms with Crippen LogP contribution in [-0.4, -0.2) is 14.7 Å². The Hall–Kier alpha value is -1.04. The van der Waals surface area contributed by atoms with Gasteiger partial charge in [0.05, 0.1) is 10.5 Å². The van der Waals surface area contributed by atoms with Crippen LogP contribution in [0.3, 0.4) is 0 Å². The van der Waals surface area contributed by atoms with E-state index in [2.05, 4.69) is 0 Å². The molecule has 0 aliphatic rings. The highest BCUT2D eigenvalue weighted by Crippen LogP contribution is 2.36. The van der Waals surface area contributed by atoms with Gasteiger partial charge in [-0.05, 0) is 24.5 Å². The van der Waals surface area contributed by atoms with Crippen molar-refractivity contribution in [2.24, 2.45) is 0 Å². The second kappa shape index (κ2) is 5.94. The Morgan fingerprint density at radius 3 is 2.26 bits per heavy atom. The number of unbranched alkanes of at least 4 members (excludes halogenated alkanes) is 2. The normalized spacial score (nSPS) is 12.7. The molecule has 0 spiro atoms. The van der Waals surface area contributed by atoms with E-state index >= 15 is 0 Å². The average molecular weight is 294 g/mol. The van der Waals surface area contributed by atoms with E-state index in [0.717, 1.165) is 25.2 Å². The maximum atomic E-state index is 12.9. The van der Waals surface area contributed by atoms with Gasteiger partial charge in [0.25, 0.3) is 0 Å². The minimum atomic E-state index is -4.65. The minimum absolute atomic E-state index is 0.255. The van der Waals surface area contributed by atoms with Gasteiger partial charge in [-0.25, -0.2) is 8.42 Å². The van der Waals surface area contributed by atoms with Gasteiger partial charge >= 0.3 is 6.18 Å². The first kappa shape index (κ1) is 16.0. The monoisotopic (exact) mass is 294 g/mol. The maximum absolute atomic E-state index is 12.9. The molecule has 0 aliphatic carbocycles. The summed E-state index contributed by atoms with van der Waals surface area (Å²) in [5.41, 5.74) is -0.810. The molecular formula is C13H17F3O2S. The van der Waals surface area contributed by atoms with Crippen molar-refractivity contribution < 1.29 is 21.6 Å². The van der Waals surface area contributed by atoms with Gasteiger partial charge in [0.1, 0.15) is 0 Å². The molecule has 0 unspecified atom stereocenters. The van der Waals surface area contributed by atoms with Crippen molar-refractivity contribution in [1.29, 1.82) is 0 Å². The lowest BCUT2D eigenvalue weighted by atomic mass is 10.0. The predicted octanol–water partition coefficient (Wildman–Crippen LogP) is 3.84. The molecule has 1 rings (SSSR count). The Kier molecular flexibility index (Phi) is 5.01. The zero-order chi connectivity index (χ0) is 14.7. The van der Waals surface area contributed by atoms with Crippen LogP contribution >= 0.6 is 0 Å². The summed E-state index contributed by atoms with van der Waals surface area (Å²) >= 11 is 0. The second-order valence-electron chi connectivity index (χ2n) is 4.52. The third-order valence-corrected chi connectivity index (χ3v) is 4.05. The van der Waals surface area contributed by atoms with Crippen molar-refractivity contribution in [2.45, 2.75) is 43.7 Å². The molecule has 2 nitrogen and oxygen atoms in total. The van der Waals surface area contributed by atoms with Gasteiger partial charge in [-0.3, -0.25) is 0 Å². The average Bonchev–Trinajstić information content (AvgIpc) is 2.26. The Labute approximate surface area is 111 Å². The first-order chi connectivity index (χ1) is 8.68. The molecule has 0 N–H and O–H groups in total. The van der Waals surface area contributed by atoms with Crippen molar-refractivity contribution in [1.82, 2.24) is 0 Å². The summed E-state index contributed by atoms with van der Waals surface area (Å²) < 4.78 is 62.0. The molecular weight excluding hydrogens is 277 g/mol. The molecule has 19 heavy (non-hydrogen) atoms. The van der Waals surface area contributed by atoms with Crippen molar-refractivity contribution in [3.63, 3.8) is 0 Å². The Bertz CT molecular complexity index is 533. The lowest BCUT2D eigenvalue weighted by Crippen LogP contribution is -2.15. The van der Waals surface area contributed by atoms with E-state index < -0.39 is 26.5 Å². The summed E-state index contributed by atoms with van der Waals surface area (Å²) in [4.78, 5) is -0.571. The largest absolute Gasteiger partial charge is 0.417 e. The summed E-state index contributed by atoms with van der Waals surface area (Å²) in [6.45, 7) is 1.98. The Morgan fingerprint density at radius 1 is 1.16 bits per heavy atom. The summed E-state index contributed by atoms with van der Waals surface area (Å²) in [5, 5.41) is 0. The first-order valence-corrected chi connectivity index (χ1v) is 7.96. The third-order valence-electron chi connectivity index (χ3n) is 2.82. The fourth-order valence-electron chi connectivity index (χ4n) is 2.01. The van der Waals surface area contributed by atoms with Gasteiger partial charge in [0.2, 0.25) is 0 Å². The SMILES string of the molecule is CCCCCc1cccc(C(F)(F)F)c1S(C)(=O)=O. The minimum Gasteiger partial charge on any atom is -0.224 e. The van der Waals surface area contributed by atoms with E-state index in [1.54, 1.807) is 0 Å². The Balaban J connectivity index is 3.32. The van der Waals surface area contributed by atoms with Gasteiger partial charge < -0.3 is 0 Å². The fourth-order valence-corrected chi connectivity index (χ4v) is 3.24. The Morgan fingerprint density at radius 2 is 1.79 bits per heavy atom. The van der Waals surface area contributed by atoms with Crippen LogP contribution in [0.25, 0.3) is 0 Å². The molecule has 0 aromatic heterocycles. The van der Waals surface area contributed by atoms with Crippen molar-refractivity contribution in [3.05, 3.63) is 29.3 Å². The topological polar surface area (TPSA) is 34.1 Å². The summed E-state index contributed by atoms with van der Waals surface area (Å²) in [5.74, 6) is 0. The van der Waals surface area contributed by atoms with Crippen LogP contribution in [0.15, 0.2) is 23.1 Å². The van der Waals surface area contributed by atoms with Crippen LogP contribution < -0.4 is 0 Å². The molecule has 0 atom stereocenters. The number of rotatable bonds is 5. The standard InChI is InChI=1S/C13H17F3O2S/c1-3-4-5-7-10-8-6-9-11(13(14,15)16)12(10)19(2,17)18/h6,8-9H,3-5,7H2,1-2H3. The van der Waals surface area contributed by atoms with Gasteiger partial charge in [-0.1, -0.05) is 31.9 Å². The van der Waals surface area contributed by atoms with E-state index in [4.69, 9.17) is 0 Å². The smallest absolute Gasteiger partial charge is 0.224 e. The number of alkyl halides is 3. The third kappa shape index (κ3) is 4.23. The number of sulfone groups is 1. The van der Waals surface area contributed by atoms with E-state index in [0.29, 0.717) is 12.8 Å². The summed E-state index contributed by atoms with van der Waals surface area (Å²) in [7, 11) is -3.90. The van der Waals surface area contributed by atoms with Crippen LogP contribution in [0, 0.1) is 0 Å². The van der Waals surface area contributed by atoms with Gasteiger partial charge in [-0.15, -0.1) is 0 Å². The van der Waals surface area contributed by atoms with Crippen molar-refractivity contribution in [3.8, 4) is 0 Å². The van der Waals surface area contributed by atoms with E-state index in [1.807, 2.05) is 6.92 Å². The van der Waals surface area contributed by atoms with Crippen LogP contribution in [0.5, 0.6) is 0 Å². The highest BCUT2D eigenvalue weighted by Gasteiger charge is 2.37. The molecule has 0 saturated heterocycles. The summed E-state index contributed by atoms with van der Waals surface area (Å²) in [6, 6.07) is 3.54. The highest BCUT2D eigenvalue weighted by molar-refractivity contribution is 7.90. The second-order valence-corrected chi connectivity index (χ2v) is 6.47. The molecule has 1 aromatic rings. The molecule has 0 radical (unpaired) electrons. The maximum Gasteiger partial charge on any atom is 0.417 e. The van der Waals surface area contributed by atoms with Gasteiger partial charge in [0, 0.05) is 6.26 Å². The highest BCUT2D eigenvalue weighted by atomic mass is 32.2. The number of aryl methyl sites for hydroxylation is 1. The number of benzene rings is 1. The summed E-state index contributed by atoms with van der Waals surface area (Å²) in [6.07, 6.45) is -1.02. The predicted molar refractivity (Wildman–Crippen MR) is 67.8 cm³/mol. The zero-order valence-corrected chi connectivity index (χ0v) is 11.7. The molecule has 0 amide bonds. The van der Waals surface area contributed by atoms with E-state index in [9.17, 15) is 21.6 Å². The number of hydrogen-bond acceptors (Lipinski definition) is 2. The van der Waals surface area contributed by atoms with Crippen LogP contribution in [-0.2, 0) is 22.4 Å². The van der Waals surface area contributed by atoms with E-state index in [1.165, 1.54) is 12.1 Å². The van der Waals surface area contributed by atoms with Crippen LogP contribution in [0.2, 0.25) is 0 Å².